The van der Waals surface area contributed by atoms with Gasteiger partial charge in [0, 0.05) is 20.1 Å². The van der Waals surface area contributed by atoms with Crippen LogP contribution in [-0.4, -0.2) is 38.1 Å². The van der Waals surface area contributed by atoms with Crippen LogP contribution in [0.2, 0.25) is 0 Å². The van der Waals surface area contributed by atoms with Crippen molar-refractivity contribution < 1.29 is 8.42 Å². The van der Waals surface area contributed by atoms with Gasteiger partial charge in [0.2, 0.25) is 10.0 Å². The predicted molar refractivity (Wildman–Crippen MR) is 64.1 cm³/mol. The Kier molecular flexibility index (Phi) is 6.40. The first-order valence-corrected chi connectivity index (χ1v) is 7.05. The fraction of sp³-hybridized carbons (Fsp3) is 1.00. The Morgan fingerprint density at radius 1 is 1.27 bits per heavy atom. The van der Waals surface area contributed by atoms with Crippen molar-refractivity contribution in [3.8, 4) is 0 Å². The van der Waals surface area contributed by atoms with E-state index in [1.54, 1.807) is 7.05 Å². The van der Waals surface area contributed by atoms with E-state index < -0.39 is 15.3 Å². The third-order valence-electron chi connectivity index (χ3n) is 2.84. The predicted octanol–water partition coefficient (Wildman–Crippen LogP) is 1.03. The van der Waals surface area contributed by atoms with Crippen molar-refractivity contribution in [2.45, 2.75) is 38.9 Å². The molecule has 92 valence electrons. The standard InChI is InChI=1S/C10H24N2O2S/c1-5-9(3)8-12(4)15(13,14)10(6-2)7-11/h9-10H,5-8,11H2,1-4H3. The molecule has 0 aliphatic heterocycles. The summed E-state index contributed by atoms with van der Waals surface area (Å²) < 4.78 is 25.4. The van der Waals surface area contributed by atoms with Crippen LogP contribution in [0.1, 0.15) is 33.6 Å². The molecule has 0 saturated heterocycles. The maximum atomic E-state index is 12.0. The lowest BCUT2D eigenvalue weighted by Crippen LogP contribution is -2.41. The molecule has 2 atom stereocenters. The average Bonchev–Trinajstić information content (AvgIpc) is 2.18. The van der Waals surface area contributed by atoms with Crippen LogP contribution >= 0.6 is 0 Å². The molecular weight excluding hydrogens is 212 g/mol. The molecule has 4 nitrogen and oxygen atoms in total. The molecule has 0 aromatic rings. The highest BCUT2D eigenvalue weighted by atomic mass is 32.2. The van der Waals surface area contributed by atoms with E-state index in [4.69, 9.17) is 5.73 Å². The summed E-state index contributed by atoms with van der Waals surface area (Å²) in [5.41, 5.74) is 5.46. The molecule has 0 rings (SSSR count). The molecule has 0 aliphatic rings. The minimum absolute atomic E-state index is 0.198. The Bertz CT molecular complexity index is 261. The van der Waals surface area contributed by atoms with Crippen LogP contribution in [0.5, 0.6) is 0 Å². The van der Waals surface area contributed by atoms with Gasteiger partial charge in [0.25, 0.3) is 0 Å². The Labute approximate surface area is 93.9 Å². The summed E-state index contributed by atoms with van der Waals surface area (Å²) in [6.07, 6.45) is 1.56. The van der Waals surface area contributed by atoms with Crippen LogP contribution < -0.4 is 5.73 Å². The van der Waals surface area contributed by atoms with Crippen LogP contribution in [-0.2, 0) is 10.0 Å². The first-order valence-electron chi connectivity index (χ1n) is 5.55. The van der Waals surface area contributed by atoms with Gasteiger partial charge in [-0.25, -0.2) is 12.7 Å². The van der Waals surface area contributed by atoms with Crippen molar-refractivity contribution >= 4 is 10.0 Å². The molecule has 0 aromatic carbocycles. The van der Waals surface area contributed by atoms with Crippen molar-refractivity contribution in [1.29, 1.82) is 0 Å². The number of hydrogen-bond acceptors (Lipinski definition) is 3. The summed E-state index contributed by atoms with van der Waals surface area (Å²) in [5, 5.41) is -0.438. The molecule has 0 amide bonds. The zero-order chi connectivity index (χ0) is 12.1. The van der Waals surface area contributed by atoms with Gasteiger partial charge in [-0.3, -0.25) is 0 Å². The number of rotatable bonds is 7. The van der Waals surface area contributed by atoms with Crippen molar-refractivity contribution in [2.24, 2.45) is 11.7 Å². The van der Waals surface area contributed by atoms with Gasteiger partial charge in [-0.1, -0.05) is 27.2 Å². The quantitative estimate of drug-likeness (QED) is 0.718. The van der Waals surface area contributed by atoms with E-state index in [1.807, 2.05) is 6.92 Å². The van der Waals surface area contributed by atoms with Crippen molar-refractivity contribution in [2.75, 3.05) is 20.1 Å². The van der Waals surface area contributed by atoms with Gasteiger partial charge in [0.05, 0.1) is 5.25 Å². The number of nitrogens with two attached hydrogens (primary N) is 1. The second-order valence-electron chi connectivity index (χ2n) is 4.10. The van der Waals surface area contributed by atoms with E-state index >= 15 is 0 Å². The summed E-state index contributed by atoms with van der Waals surface area (Å²) >= 11 is 0. The van der Waals surface area contributed by atoms with Gasteiger partial charge in [-0.05, 0) is 12.3 Å². The third kappa shape index (κ3) is 4.09. The fourth-order valence-corrected chi connectivity index (χ4v) is 3.06. The van der Waals surface area contributed by atoms with E-state index in [0.717, 1.165) is 6.42 Å². The molecule has 0 aromatic heterocycles. The summed E-state index contributed by atoms with van der Waals surface area (Å²) in [4.78, 5) is 0. The largest absolute Gasteiger partial charge is 0.329 e. The van der Waals surface area contributed by atoms with Crippen molar-refractivity contribution in [3.63, 3.8) is 0 Å². The van der Waals surface area contributed by atoms with Crippen LogP contribution in [0.4, 0.5) is 0 Å². The highest BCUT2D eigenvalue weighted by Crippen LogP contribution is 2.13. The lowest BCUT2D eigenvalue weighted by molar-refractivity contribution is 0.387. The van der Waals surface area contributed by atoms with Crippen LogP contribution in [0, 0.1) is 5.92 Å². The Balaban J connectivity index is 4.57. The summed E-state index contributed by atoms with van der Waals surface area (Å²) in [6, 6.07) is 0. The minimum atomic E-state index is -3.20. The van der Waals surface area contributed by atoms with Gasteiger partial charge in [-0.2, -0.15) is 0 Å². The van der Waals surface area contributed by atoms with Crippen molar-refractivity contribution in [3.05, 3.63) is 0 Å². The van der Waals surface area contributed by atoms with Gasteiger partial charge >= 0.3 is 0 Å². The maximum Gasteiger partial charge on any atom is 0.217 e. The number of sulfonamides is 1. The van der Waals surface area contributed by atoms with Gasteiger partial charge in [0.1, 0.15) is 0 Å². The molecule has 0 saturated carbocycles. The first-order chi connectivity index (χ1) is 6.89. The molecule has 15 heavy (non-hydrogen) atoms. The van der Waals surface area contributed by atoms with Gasteiger partial charge < -0.3 is 5.73 Å². The third-order valence-corrected chi connectivity index (χ3v) is 5.23. The van der Waals surface area contributed by atoms with Gasteiger partial charge in [-0.15, -0.1) is 0 Å². The maximum absolute atomic E-state index is 12.0. The molecule has 0 bridgehead atoms. The summed E-state index contributed by atoms with van der Waals surface area (Å²) in [7, 11) is -1.56. The normalized spacial score (nSPS) is 16.7. The second-order valence-corrected chi connectivity index (χ2v) is 6.42. The van der Waals surface area contributed by atoms with Gasteiger partial charge in [0.15, 0.2) is 0 Å². The zero-order valence-electron chi connectivity index (χ0n) is 10.2. The molecule has 0 fully saturated rings. The molecule has 2 N–H and O–H groups in total. The Hall–Kier alpha value is -0.130. The monoisotopic (exact) mass is 236 g/mol. The fourth-order valence-electron chi connectivity index (χ4n) is 1.43. The average molecular weight is 236 g/mol. The molecule has 0 radical (unpaired) electrons. The lowest BCUT2D eigenvalue weighted by Gasteiger charge is -2.24. The molecule has 5 heteroatoms. The van der Waals surface area contributed by atoms with E-state index in [9.17, 15) is 8.42 Å². The number of nitrogens with zero attached hydrogens (tertiary/aromatic N) is 1. The van der Waals surface area contributed by atoms with E-state index in [-0.39, 0.29) is 6.54 Å². The Morgan fingerprint density at radius 3 is 2.13 bits per heavy atom. The topological polar surface area (TPSA) is 63.4 Å². The molecule has 0 spiro atoms. The van der Waals surface area contributed by atoms with E-state index in [2.05, 4.69) is 13.8 Å². The van der Waals surface area contributed by atoms with E-state index in [1.165, 1.54) is 4.31 Å². The number of hydrogen-bond donors (Lipinski definition) is 1. The zero-order valence-corrected chi connectivity index (χ0v) is 11.0. The van der Waals surface area contributed by atoms with Crippen molar-refractivity contribution in [1.82, 2.24) is 4.31 Å². The molecule has 2 unspecified atom stereocenters. The second kappa shape index (κ2) is 6.45. The first kappa shape index (κ1) is 14.9. The molecular formula is C10H24N2O2S. The Morgan fingerprint density at radius 2 is 1.80 bits per heavy atom. The van der Waals surface area contributed by atoms with E-state index in [0.29, 0.717) is 18.9 Å². The highest BCUT2D eigenvalue weighted by molar-refractivity contribution is 7.89. The summed E-state index contributed by atoms with van der Waals surface area (Å²) in [6.45, 7) is 6.74. The smallest absolute Gasteiger partial charge is 0.217 e. The lowest BCUT2D eigenvalue weighted by atomic mass is 10.1. The van der Waals surface area contributed by atoms with Crippen LogP contribution in [0.25, 0.3) is 0 Å². The van der Waals surface area contributed by atoms with Crippen LogP contribution in [0.15, 0.2) is 0 Å². The molecule has 0 aliphatic carbocycles. The SMILES string of the molecule is CCC(C)CN(C)S(=O)(=O)C(CC)CN. The van der Waals surface area contributed by atoms with Crippen LogP contribution in [0.3, 0.4) is 0 Å². The minimum Gasteiger partial charge on any atom is -0.329 e. The highest BCUT2D eigenvalue weighted by Gasteiger charge is 2.27. The molecule has 0 heterocycles. The summed E-state index contributed by atoms with van der Waals surface area (Å²) in [5.74, 6) is 0.389.